The summed E-state index contributed by atoms with van der Waals surface area (Å²) in [6.07, 6.45) is 8.74. The summed E-state index contributed by atoms with van der Waals surface area (Å²) in [5.41, 5.74) is 3.18. The first-order chi connectivity index (χ1) is 20.8. The molecule has 0 saturated carbocycles. The second-order valence-corrected chi connectivity index (χ2v) is 13.9. The molecule has 242 valence electrons. The molecular formula is C34H49N3O6S. The molecule has 0 aliphatic carbocycles. The standard InChI is InChI=1S/C34H49N3O6S/c1-7-9-10-11-26(8-2)22-28-12-13-29(34(39)40)23-32(28)37(24-33(38)35(4)5)25(3)27-14-16-30(17-15-27)43-31-18-20-36(21-19-31)44(6,41)42/h12-17,23,26,31H,3,7-11,18-22,24H2,1-2,4-6H3,(H,39,40). The van der Waals surface area contributed by atoms with Crippen LogP contribution in [0.25, 0.3) is 5.70 Å². The number of benzene rings is 2. The number of hydrogen-bond acceptors (Lipinski definition) is 6. The first-order valence-corrected chi connectivity index (χ1v) is 17.4. The highest BCUT2D eigenvalue weighted by Gasteiger charge is 2.26. The summed E-state index contributed by atoms with van der Waals surface area (Å²) in [6, 6.07) is 12.7. The molecule has 1 atom stereocenters. The van der Waals surface area contributed by atoms with Crippen LogP contribution in [0.2, 0.25) is 0 Å². The molecule has 1 saturated heterocycles. The molecule has 44 heavy (non-hydrogen) atoms. The lowest BCUT2D eigenvalue weighted by atomic mass is 9.90. The average Bonchev–Trinajstić information content (AvgIpc) is 2.99. The van der Waals surface area contributed by atoms with E-state index in [1.807, 2.05) is 35.2 Å². The normalized spacial score (nSPS) is 15.0. The van der Waals surface area contributed by atoms with E-state index in [4.69, 9.17) is 4.74 Å². The Bertz CT molecular complexity index is 1380. The third-order valence-electron chi connectivity index (χ3n) is 8.40. The summed E-state index contributed by atoms with van der Waals surface area (Å²) in [7, 11) is 0.196. The molecule has 1 amide bonds. The van der Waals surface area contributed by atoms with E-state index in [1.54, 1.807) is 26.2 Å². The highest BCUT2D eigenvalue weighted by Crippen LogP contribution is 2.33. The van der Waals surface area contributed by atoms with Gasteiger partial charge in [-0.05, 0) is 72.7 Å². The second-order valence-electron chi connectivity index (χ2n) is 11.9. The van der Waals surface area contributed by atoms with Gasteiger partial charge in [0.2, 0.25) is 15.9 Å². The van der Waals surface area contributed by atoms with Crippen molar-refractivity contribution in [1.29, 1.82) is 0 Å². The zero-order chi connectivity index (χ0) is 32.4. The third kappa shape index (κ3) is 9.82. The van der Waals surface area contributed by atoms with Gasteiger partial charge in [0.15, 0.2) is 0 Å². The lowest BCUT2D eigenvalue weighted by molar-refractivity contribution is -0.127. The lowest BCUT2D eigenvalue weighted by Crippen LogP contribution is -2.41. The minimum atomic E-state index is -3.20. The Labute approximate surface area is 263 Å². The highest BCUT2D eigenvalue weighted by atomic mass is 32.2. The molecule has 1 heterocycles. The number of unbranched alkanes of at least 4 members (excludes halogenated alkanes) is 2. The van der Waals surface area contributed by atoms with E-state index >= 15 is 0 Å². The number of piperidine rings is 1. The number of aromatic carboxylic acids is 1. The van der Waals surface area contributed by atoms with Gasteiger partial charge in [-0.1, -0.05) is 58.6 Å². The summed E-state index contributed by atoms with van der Waals surface area (Å²) in [5, 5.41) is 9.84. The van der Waals surface area contributed by atoms with Crippen molar-refractivity contribution in [3.05, 3.63) is 65.7 Å². The van der Waals surface area contributed by atoms with Gasteiger partial charge >= 0.3 is 5.97 Å². The topological polar surface area (TPSA) is 107 Å². The number of hydrogen-bond donors (Lipinski definition) is 1. The number of nitrogens with zero attached hydrogens (tertiary/aromatic N) is 3. The second kappa shape index (κ2) is 16.1. The smallest absolute Gasteiger partial charge is 0.335 e. The van der Waals surface area contributed by atoms with Gasteiger partial charge in [0.25, 0.3) is 0 Å². The molecule has 2 aromatic carbocycles. The number of rotatable bonds is 16. The maximum Gasteiger partial charge on any atom is 0.335 e. The van der Waals surface area contributed by atoms with E-state index in [0.717, 1.165) is 43.2 Å². The third-order valence-corrected chi connectivity index (χ3v) is 9.71. The molecule has 3 rings (SSSR count). The van der Waals surface area contributed by atoms with Gasteiger partial charge in [0.05, 0.1) is 11.8 Å². The van der Waals surface area contributed by atoms with Crippen molar-refractivity contribution >= 4 is 33.3 Å². The number of sulfonamides is 1. The van der Waals surface area contributed by atoms with Gasteiger partial charge in [-0.3, -0.25) is 4.79 Å². The van der Waals surface area contributed by atoms with Crippen LogP contribution in [0.4, 0.5) is 5.69 Å². The summed E-state index contributed by atoms with van der Waals surface area (Å²) in [4.78, 5) is 28.4. The summed E-state index contributed by atoms with van der Waals surface area (Å²) < 4.78 is 31.3. The highest BCUT2D eigenvalue weighted by molar-refractivity contribution is 7.88. The number of carbonyl (C=O) groups is 2. The van der Waals surface area contributed by atoms with Crippen LogP contribution in [0, 0.1) is 5.92 Å². The minimum Gasteiger partial charge on any atom is -0.490 e. The monoisotopic (exact) mass is 627 g/mol. The van der Waals surface area contributed by atoms with Crippen LogP contribution in [0.3, 0.4) is 0 Å². The molecule has 0 aromatic heterocycles. The zero-order valence-corrected chi connectivity index (χ0v) is 27.7. The van der Waals surface area contributed by atoms with Crippen molar-refractivity contribution in [1.82, 2.24) is 9.21 Å². The number of amides is 1. The van der Waals surface area contributed by atoms with Crippen molar-refractivity contribution in [2.75, 3.05) is 44.9 Å². The van der Waals surface area contributed by atoms with Crippen LogP contribution < -0.4 is 9.64 Å². The SMILES string of the molecule is C=C(c1ccc(OC2CCN(S(C)(=O)=O)CC2)cc1)N(CC(=O)N(C)C)c1cc(C(=O)O)ccc1CC(CC)CCCCC. The fourth-order valence-electron chi connectivity index (χ4n) is 5.52. The molecule has 0 spiro atoms. The molecule has 2 aromatic rings. The average molecular weight is 628 g/mol. The Morgan fingerprint density at radius 3 is 2.23 bits per heavy atom. The van der Waals surface area contributed by atoms with E-state index in [2.05, 4.69) is 20.4 Å². The fourth-order valence-corrected chi connectivity index (χ4v) is 6.40. The van der Waals surface area contributed by atoms with Gasteiger partial charge in [-0.15, -0.1) is 0 Å². The predicted octanol–water partition coefficient (Wildman–Crippen LogP) is 5.90. The van der Waals surface area contributed by atoms with Crippen molar-refractivity contribution in [2.45, 2.75) is 71.3 Å². The van der Waals surface area contributed by atoms with Crippen LogP contribution in [0.5, 0.6) is 5.75 Å². The van der Waals surface area contributed by atoms with Crippen LogP contribution in [0.15, 0.2) is 49.0 Å². The molecule has 0 bridgehead atoms. The molecule has 10 heteroatoms. The van der Waals surface area contributed by atoms with Gasteiger partial charge in [-0.2, -0.15) is 0 Å². The summed E-state index contributed by atoms with van der Waals surface area (Å²) in [5.74, 6) is -0.0487. The quantitative estimate of drug-likeness (QED) is 0.231. The van der Waals surface area contributed by atoms with Crippen LogP contribution in [0.1, 0.15) is 80.3 Å². The van der Waals surface area contributed by atoms with E-state index in [0.29, 0.717) is 49.0 Å². The Morgan fingerprint density at radius 2 is 1.68 bits per heavy atom. The number of carboxylic acid groups (broad SMARTS) is 1. The molecule has 1 aliphatic heterocycles. The Balaban J connectivity index is 1.89. The molecule has 1 N–H and O–H groups in total. The Morgan fingerprint density at radius 1 is 1.05 bits per heavy atom. The first-order valence-electron chi connectivity index (χ1n) is 15.6. The molecule has 1 aliphatic rings. The maximum absolute atomic E-state index is 13.1. The minimum absolute atomic E-state index is 0.00565. The van der Waals surface area contributed by atoms with E-state index in [1.165, 1.54) is 21.9 Å². The molecule has 1 unspecified atom stereocenters. The number of anilines is 1. The van der Waals surface area contributed by atoms with Crippen molar-refractivity contribution < 1.29 is 27.9 Å². The van der Waals surface area contributed by atoms with Crippen molar-refractivity contribution in [3.8, 4) is 5.75 Å². The van der Waals surface area contributed by atoms with Crippen molar-refractivity contribution in [3.63, 3.8) is 0 Å². The van der Waals surface area contributed by atoms with E-state index < -0.39 is 16.0 Å². The molecule has 1 fully saturated rings. The van der Waals surface area contributed by atoms with Crippen LogP contribution >= 0.6 is 0 Å². The fraction of sp³-hybridized carbons (Fsp3) is 0.529. The Hall–Kier alpha value is -3.37. The number of likely N-dealkylation sites (N-methyl/N-ethyl adjacent to an activating group) is 1. The molecular weight excluding hydrogens is 578 g/mol. The first kappa shape index (κ1) is 35.1. The van der Waals surface area contributed by atoms with Crippen molar-refractivity contribution in [2.24, 2.45) is 5.92 Å². The van der Waals surface area contributed by atoms with E-state index in [9.17, 15) is 23.1 Å². The number of carbonyl (C=O) groups excluding carboxylic acids is 1. The van der Waals surface area contributed by atoms with Gasteiger partial charge in [0, 0.05) is 38.6 Å². The predicted molar refractivity (Wildman–Crippen MR) is 177 cm³/mol. The van der Waals surface area contributed by atoms with Gasteiger partial charge in [-0.25, -0.2) is 17.5 Å². The molecule has 0 radical (unpaired) electrons. The van der Waals surface area contributed by atoms with Gasteiger partial charge in [0.1, 0.15) is 18.4 Å². The lowest BCUT2D eigenvalue weighted by Gasteiger charge is -2.31. The molecule has 9 nitrogen and oxygen atoms in total. The van der Waals surface area contributed by atoms with E-state index in [-0.39, 0.29) is 24.1 Å². The zero-order valence-electron chi connectivity index (χ0n) is 26.9. The van der Waals surface area contributed by atoms with Crippen LogP contribution in [-0.4, -0.2) is 80.7 Å². The maximum atomic E-state index is 13.1. The largest absolute Gasteiger partial charge is 0.490 e. The number of carboxylic acids is 1. The van der Waals surface area contributed by atoms with Crippen LogP contribution in [-0.2, 0) is 21.2 Å². The summed E-state index contributed by atoms with van der Waals surface area (Å²) in [6.45, 7) is 9.62. The van der Waals surface area contributed by atoms with Gasteiger partial charge < -0.3 is 19.6 Å². The summed E-state index contributed by atoms with van der Waals surface area (Å²) >= 11 is 0. The Kier molecular flexibility index (Phi) is 12.8. The number of ether oxygens (including phenoxy) is 1.